The molecule has 0 aliphatic heterocycles. The maximum atomic E-state index is 13.6. The molecule has 0 saturated heterocycles. The first-order valence-corrected chi connectivity index (χ1v) is 17.8. The lowest BCUT2D eigenvalue weighted by atomic mass is 9.96. The third-order valence-corrected chi connectivity index (χ3v) is 7.92. The van der Waals surface area contributed by atoms with Gasteiger partial charge in [0.05, 0.1) is 37.1 Å². The molecule has 5 amide bonds. The number of nitrogens with one attached hydrogen (secondary N) is 5. The predicted octanol–water partition coefficient (Wildman–Crippen LogP) is 2.00. The molecule has 0 aromatic carbocycles. The van der Waals surface area contributed by atoms with E-state index < -0.39 is 84.9 Å². The molecule has 0 aromatic heterocycles. The summed E-state index contributed by atoms with van der Waals surface area (Å²) in [6, 6.07) is -4.54. The highest BCUT2D eigenvalue weighted by molar-refractivity contribution is 5.92. The van der Waals surface area contributed by atoms with Crippen molar-refractivity contribution in [2.75, 3.05) is 0 Å². The quantitative estimate of drug-likeness (QED) is 0.0737. The number of hydrogen-bond acceptors (Lipinski definition) is 8. The molecule has 7 atom stereocenters. The van der Waals surface area contributed by atoms with E-state index in [0.717, 1.165) is 6.42 Å². The maximum absolute atomic E-state index is 13.6. The molecule has 0 radical (unpaired) electrons. The number of carboxylic acids is 1. The summed E-state index contributed by atoms with van der Waals surface area (Å²) in [6.07, 6.45) is -1.00. The summed E-state index contributed by atoms with van der Waals surface area (Å²) < 4.78 is 0. The molecule has 0 bridgehead atoms. The third-order valence-electron chi connectivity index (χ3n) is 7.92. The number of unbranched alkanes of at least 4 members (excludes halogenated alkanes) is 1. The summed E-state index contributed by atoms with van der Waals surface area (Å²) >= 11 is 0. The average Bonchev–Trinajstić information content (AvgIpc) is 2.95. The van der Waals surface area contributed by atoms with Gasteiger partial charge >= 0.3 is 5.97 Å². The van der Waals surface area contributed by atoms with Crippen LogP contribution in [0, 0.1) is 23.7 Å². The molecule has 14 heteroatoms. The second kappa shape index (κ2) is 23.2. The van der Waals surface area contributed by atoms with Gasteiger partial charge in [0.2, 0.25) is 29.5 Å². The van der Waals surface area contributed by atoms with Crippen LogP contribution in [0.3, 0.4) is 0 Å². The van der Waals surface area contributed by atoms with Crippen LogP contribution in [0.5, 0.6) is 0 Å². The predicted molar refractivity (Wildman–Crippen MR) is 187 cm³/mol. The summed E-state index contributed by atoms with van der Waals surface area (Å²) in [7, 11) is 0. The van der Waals surface area contributed by atoms with Crippen LogP contribution in [0.1, 0.15) is 121 Å². The molecule has 8 N–H and O–H groups in total. The fourth-order valence-corrected chi connectivity index (χ4v) is 5.33. The van der Waals surface area contributed by atoms with Gasteiger partial charge in [0.25, 0.3) is 0 Å². The summed E-state index contributed by atoms with van der Waals surface area (Å²) in [5.74, 6) is -3.81. The van der Waals surface area contributed by atoms with Crippen molar-refractivity contribution >= 4 is 35.5 Å². The van der Waals surface area contributed by atoms with Crippen molar-refractivity contribution in [3.05, 3.63) is 0 Å². The zero-order chi connectivity index (χ0) is 38.0. The molecule has 0 aromatic rings. The van der Waals surface area contributed by atoms with E-state index in [2.05, 4.69) is 26.6 Å². The van der Waals surface area contributed by atoms with Gasteiger partial charge in [-0.3, -0.25) is 28.8 Å². The van der Waals surface area contributed by atoms with E-state index in [-0.39, 0.29) is 36.0 Å². The number of carboxylic acid groups (broad SMARTS) is 1. The Labute approximate surface area is 292 Å². The van der Waals surface area contributed by atoms with E-state index in [0.29, 0.717) is 25.7 Å². The van der Waals surface area contributed by atoms with Crippen molar-refractivity contribution < 1.29 is 44.1 Å². The Morgan fingerprint density at radius 1 is 0.571 bits per heavy atom. The SMILES string of the molecule is CCCC[C@H](NC(=O)[C@@H](NC(=O)CC(C)C)C(C)C)C(=O)N[C@@H](CC(C)C)[C@@H](O)CC(=O)N[C@@H](C)C(=O)N[C@@H](CC(C)C)[C@@H](O)CC(=O)O. The number of aliphatic hydroxyl groups excluding tert-OH is 2. The fraction of sp³-hybridized carbons (Fsp3) is 0.829. The van der Waals surface area contributed by atoms with Gasteiger partial charge in [-0.25, -0.2) is 0 Å². The Morgan fingerprint density at radius 3 is 1.51 bits per heavy atom. The molecule has 0 aliphatic rings. The number of hydrogen-bond donors (Lipinski definition) is 8. The Balaban J connectivity index is 5.66. The van der Waals surface area contributed by atoms with Crippen LogP contribution in [0.2, 0.25) is 0 Å². The molecule has 0 heterocycles. The van der Waals surface area contributed by atoms with E-state index in [4.69, 9.17) is 5.11 Å². The zero-order valence-electron chi connectivity index (χ0n) is 31.3. The highest BCUT2D eigenvalue weighted by Crippen LogP contribution is 2.15. The van der Waals surface area contributed by atoms with Crippen molar-refractivity contribution in [3.8, 4) is 0 Å². The molecular formula is C35H65N5O9. The van der Waals surface area contributed by atoms with Crippen LogP contribution >= 0.6 is 0 Å². The molecule has 0 unspecified atom stereocenters. The zero-order valence-corrected chi connectivity index (χ0v) is 31.3. The fourth-order valence-electron chi connectivity index (χ4n) is 5.33. The minimum absolute atomic E-state index is 0.0213. The Bertz CT molecular complexity index is 1070. The highest BCUT2D eigenvalue weighted by Gasteiger charge is 2.32. The lowest BCUT2D eigenvalue weighted by molar-refractivity contribution is -0.140. The largest absolute Gasteiger partial charge is 0.481 e. The van der Waals surface area contributed by atoms with E-state index >= 15 is 0 Å². The minimum atomic E-state index is -1.33. The van der Waals surface area contributed by atoms with Gasteiger partial charge in [-0.05, 0) is 49.9 Å². The molecule has 0 spiro atoms. The van der Waals surface area contributed by atoms with Gasteiger partial charge in [-0.1, -0.05) is 75.2 Å². The first-order chi connectivity index (χ1) is 22.7. The van der Waals surface area contributed by atoms with Crippen LogP contribution in [0.15, 0.2) is 0 Å². The van der Waals surface area contributed by atoms with Gasteiger partial charge in [-0.15, -0.1) is 0 Å². The molecule has 49 heavy (non-hydrogen) atoms. The van der Waals surface area contributed by atoms with E-state index in [1.54, 1.807) is 13.8 Å². The summed E-state index contributed by atoms with van der Waals surface area (Å²) in [6.45, 7) is 18.3. The van der Waals surface area contributed by atoms with Crippen LogP contribution in [0.4, 0.5) is 0 Å². The van der Waals surface area contributed by atoms with Crippen molar-refractivity contribution in [1.29, 1.82) is 0 Å². The standard InChI is InChI=1S/C35H65N5O9/c1-11-12-13-24(37-35(49)32(22(8)9)40-29(43)16-21(6)7)34(48)39-25(14-19(2)3)27(41)17-30(44)36-23(10)33(47)38-26(15-20(4)5)28(42)18-31(45)46/h19-28,32,41-42H,11-18H2,1-10H3,(H,36,44)(H,37,49)(H,38,47)(H,39,48)(H,40,43)(H,45,46)/t23-,24-,25-,26-,27-,28-,32-/m0/s1. The van der Waals surface area contributed by atoms with Crippen molar-refractivity contribution in [2.24, 2.45) is 23.7 Å². The molecule has 14 nitrogen and oxygen atoms in total. The van der Waals surface area contributed by atoms with Crippen molar-refractivity contribution in [3.63, 3.8) is 0 Å². The molecule has 284 valence electrons. The number of amides is 5. The van der Waals surface area contributed by atoms with E-state index in [9.17, 15) is 39.0 Å². The molecule has 0 rings (SSSR count). The van der Waals surface area contributed by atoms with Gasteiger partial charge in [-0.2, -0.15) is 0 Å². The first-order valence-electron chi connectivity index (χ1n) is 17.8. The van der Waals surface area contributed by atoms with Crippen LogP contribution < -0.4 is 26.6 Å². The van der Waals surface area contributed by atoms with Gasteiger partial charge < -0.3 is 41.9 Å². The number of aliphatic hydroxyl groups is 2. The normalized spacial score (nSPS) is 15.9. The molecule has 0 aliphatic carbocycles. The number of rotatable bonds is 24. The van der Waals surface area contributed by atoms with Crippen LogP contribution in [-0.2, 0) is 28.8 Å². The second-order valence-corrected chi connectivity index (χ2v) is 14.8. The molecule has 0 fully saturated rings. The topological polar surface area (TPSA) is 223 Å². The average molecular weight is 700 g/mol. The van der Waals surface area contributed by atoms with Gasteiger partial charge in [0, 0.05) is 6.42 Å². The number of carbonyl (C=O) groups excluding carboxylic acids is 5. The van der Waals surface area contributed by atoms with Crippen LogP contribution in [-0.4, -0.2) is 93.2 Å². The van der Waals surface area contributed by atoms with Crippen molar-refractivity contribution in [2.45, 2.75) is 163 Å². The lowest BCUT2D eigenvalue weighted by Gasteiger charge is -2.30. The number of aliphatic carboxylic acids is 1. The smallest absolute Gasteiger partial charge is 0.306 e. The monoisotopic (exact) mass is 699 g/mol. The third kappa shape index (κ3) is 19.5. The van der Waals surface area contributed by atoms with E-state index in [1.807, 2.05) is 48.5 Å². The lowest BCUT2D eigenvalue weighted by Crippen LogP contribution is -2.57. The summed E-state index contributed by atoms with van der Waals surface area (Å²) in [5, 5.41) is 44.0. The van der Waals surface area contributed by atoms with E-state index in [1.165, 1.54) is 6.92 Å². The molecule has 0 saturated carbocycles. The minimum Gasteiger partial charge on any atom is -0.481 e. The van der Waals surface area contributed by atoms with Gasteiger partial charge in [0.15, 0.2) is 0 Å². The number of carbonyl (C=O) groups is 6. The van der Waals surface area contributed by atoms with Crippen LogP contribution in [0.25, 0.3) is 0 Å². The Morgan fingerprint density at radius 2 is 1.06 bits per heavy atom. The van der Waals surface area contributed by atoms with Gasteiger partial charge in [0.1, 0.15) is 18.1 Å². The summed E-state index contributed by atoms with van der Waals surface area (Å²) in [5.41, 5.74) is 0. The second-order valence-electron chi connectivity index (χ2n) is 14.8. The Hall–Kier alpha value is -3.26. The highest BCUT2D eigenvalue weighted by atomic mass is 16.4. The maximum Gasteiger partial charge on any atom is 0.306 e. The Kier molecular flexibility index (Phi) is 21.7. The summed E-state index contributed by atoms with van der Waals surface area (Å²) in [4.78, 5) is 76.2. The van der Waals surface area contributed by atoms with Crippen molar-refractivity contribution in [1.82, 2.24) is 26.6 Å². The first kappa shape index (κ1) is 45.7. The molecular weight excluding hydrogens is 634 g/mol.